The molecular weight excluding hydrogens is 938 g/mol. The van der Waals surface area contributed by atoms with Gasteiger partial charge >= 0.3 is 0 Å². The number of pyridine rings is 1. The van der Waals surface area contributed by atoms with E-state index in [9.17, 15) is 5.11 Å². The van der Waals surface area contributed by atoms with Crippen LogP contribution in [0.4, 0.5) is 0 Å². The van der Waals surface area contributed by atoms with Gasteiger partial charge in [-0.25, -0.2) is 4.98 Å². The van der Waals surface area contributed by atoms with Gasteiger partial charge in [0.2, 0.25) is 0 Å². The van der Waals surface area contributed by atoms with Crippen LogP contribution in [0.2, 0.25) is 0 Å². The van der Waals surface area contributed by atoms with E-state index < -0.39 is 12.3 Å². The molecule has 0 aliphatic heterocycles. The maximum Gasteiger partial charge on any atom is 0.148 e. The van der Waals surface area contributed by atoms with Gasteiger partial charge in [0.05, 0.1) is 22.3 Å². The third kappa shape index (κ3) is 8.73. The van der Waals surface area contributed by atoms with Crippen LogP contribution in [0.25, 0.3) is 72.7 Å². The standard InChI is InChI=1S/C57H58N3O.Pt/c1-35-25-36(2)27-41(26-35)40-23-24-58-49(32-40)43-29-42(30-44(31-43)55(4,5)6)46-19-16-20-51-52(46)59-54(47-33-45(56(7,8)9)34-48(53(47)61)57(10,11)12)60(51)50-22-21-39(28-37(50)3)38-17-14-13-15-18-38;/h13-28,30-34,61H,1-12H3;/q-1;/i3D3;. The molecule has 6 aromatic carbocycles. The number of aromatic nitrogens is 3. The fourth-order valence-corrected chi connectivity index (χ4v) is 8.28. The Labute approximate surface area is 387 Å². The molecule has 318 valence electrons. The average Bonchev–Trinajstić information content (AvgIpc) is 3.61. The zero-order valence-corrected chi connectivity index (χ0v) is 40.0. The van der Waals surface area contributed by atoms with Gasteiger partial charge in [0, 0.05) is 42.6 Å². The van der Waals surface area contributed by atoms with Crippen molar-refractivity contribution in [2.45, 2.75) is 99.3 Å². The number of aryl methyl sites for hydroxylation is 3. The minimum Gasteiger partial charge on any atom is -0.507 e. The van der Waals surface area contributed by atoms with E-state index in [-0.39, 0.29) is 43.2 Å². The van der Waals surface area contributed by atoms with Gasteiger partial charge in [-0.15, -0.1) is 29.3 Å². The predicted octanol–water partition coefficient (Wildman–Crippen LogP) is 15.1. The Kier molecular flexibility index (Phi) is 10.8. The van der Waals surface area contributed by atoms with Gasteiger partial charge in [0.25, 0.3) is 0 Å². The van der Waals surface area contributed by atoms with Gasteiger partial charge < -0.3 is 5.11 Å². The number of para-hydroxylation sites is 1. The van der Waals surface area contributed by atoms with Crippen molar-refractivity contribution in [3.63, 3.8) is 0 Å². The Morgan fingerprint density at radius 2 is 1.26 bits per heavy atom. The Balaban J connectivity index is 0.00000630. The molecule has 0 unspecified atom stereocenters. The van der Waals surface area contributed by atoms with E-state index in [2.05, 4.69) is 137 Å². The third-order valence-corrected chi connectivity index (χ3v) is 11.7. The van der Waals surface area contributed by atoms with Crippen LogP contribution in [-0.4, -0.2) is 19.6 Å². The van der Waals surface area contributed by atoms with Gasteiger partial charge in [-0.1, -0.05) is 163 Å². The van der Waals surface area contributed by atoms with E-state index in [0.29, 0.717) is 28.1 Å². The molecule has 5 heteroatoms. The minimum atomic E-state index is -2.49. The summed E-state index contributed by atoms with van der Waals surface area (Å²) in [7, 11) is 0. The van der Waals surface area contributed by atoms with E-state index in [1.54, 1.807) is 6.07 Å². The largest absolute Gasteiger partial charge is 0.507 e. The van der Waals surface area contributed by atoms with Gasteiger partial charge in [-0.3, -0.25) is 9.55 Å². The number of rotatable bonds is 6. The second-order valence-corrected chi connectivity index (χ2v) is 19.7. The zero-order chi connectivity index (χ0) is 46.1. The summed E-state index contributed by atoms with van der Waals surface area (Å²) in [4.78, 5) is 10.4. The summed E-state index contributed by atoms with van der Waals surface area (Å²) >= 11 is 0. The molecule has 0 bridgehead atoms. The fraction of sp³-hybridized carbons (Fsp3) is 0.263. The molecular formula is C57H58N3OPt-. The number of benzene rings is 6. The molecule has 0 aliphatic carbocycles. The molecule has 8 rings (SSSR count). The molecule has 2 aromatic heterocycles. The van der Waals surface area contributed by atoms with Crippen molar-refractivity contribution < 1.29 is 30.3 Å². The first-order valence-corrected chi connectivity index (χ1v) is 21.2. The Hall–Kier alpha value is -5.57. The SMILES string of the molecule is [2H]C([2H])([2H])c1cc(-c2ccccc2)ccc1-n1c(-c2cc(C(C)(C)C)cc(C(C)(C)C)c2O)nc2c(-c3[c-]c(-c4cc(-c5cc(C)cc(C)c5)ccn4)cc(C(C)(C)C)c3)cccc21.[Pt]. The Morgan fingerprint density at radius 3 is 1.92 bits per heavy atom. The van der Waals surface area contributed by atoms with Crippen LogP contribution in [0.15, 0.2) is 128 Å². The van der Waals surface area contributed by atoms with Gasteiger partial charge in [-0.05, 0) is 101 Å². The molecule has 0 atom stereocenters. The van der Waals surface area contributed by atoms with Crippen LogP contribution in [-0.2, 0) is 37.3 Å². The van der Waals surface area contributed by atoms with E-state index in [1.807, 2.05) is 71.4 Å². The Morgan fingerprint density at radius 1 is 0.597 bits per heavy atom. The normalized spacial score (nSPS) is 13.0. The smallest absolute Gasteiger partial charge is 0.148 e. The number of phenols is 1. The molecule has 1 N–H and O–H groups in total. The van der Waals surface area contributed by atoms with Crippen molar-refractivity contribution in [1.82, 2.24) is 14.5 Å². The van der Waals surface area contributed by atoms with Crippen LogP contribution >= 0.6 is 0 Å². The first-order chi connectivity index (χ1) is 30.0. The number of hydrogen-bond acceptors (Lipinski definition) is 3. The van der Waals surface area contributed by atoms with E-state index in [4.69, 9.17) is 14.1 Å². The zero-order valence-electron chi connectivity index (χ0n) is 40.7. The van der Waals surface area contributed by atoms with Crippen LogP contribution < -0.4 is 0 Å². The van der Waals surface area contributed by atoms with Crippen LogP contribution in [0.1, 0.15) is 99.8 Å². The monoisotopic (exact) mass is 998 g/mol. The molecule has 2 heterocycles. The second-order valence-electron chi connectivity index (χ2n) is 19.7. The number of imidazole rings is 1. The number of fused-ring (bicyclic) bond motifs is 1. The second kappa shape index (κ2) is 16.6. The maximum absolute atomic E-state index is 12.4. The van der Waals surface area contributed by atoms with Crippen LogP contribution in [0.5, 0.6) is 5.75 Å². The minimum absolute atomic E-state index is 0. The topological polar surface area (TPSA) is 50.9 Å². The molecule has 0 fully saturated rings. The van der Waals surface area contributed by atoms with E-state index in [1.165, 1.54) is 11.1 Å². The summed E-state index contributed by atoms with van der Waals surface area (Å²) in [5.41, 5.74) is 14.2. The average molecular weight is 999 g/mol. The Bertz CT molecular complexity index is 3050. The van der Waals surface area contributed by atoms with Crippen molar-refractivity contribution in [1.29, 1.82) is 0 Å². The number of aromatic hydroxyl groups is 1. The van der Waals surface area contributed by atoms with Gasteiger partial charge in [0.1, 0.15) is 11.6 Å². The third-order valence-electron chi connectivity index (χ3n) is 11.7. The van der Waals surface area contributed by atoms with Crippen LogP contribution in [0.3, 0.4) is 0 Å². The molecule has 0 amide bonds. The first kappa shape index (κ1) is 40.5. The van der Waals surface area contributed by atoms with Crippen molar-refractivity contribution in [2.75, 3.05) is 0 Å². The van der Waals surface area contributed by atoms with E-state index >= 15 is 0 Å². The van der Waals surface area contributed by atoms with Crippen molar-refractivity contribution >= 4 is 11.0 Å². The van der Waals surface area contributed by atoms with Crippen molar-refractivity contribution in [2.24, 2.45) is 0 Å². The molecule has 4 nitrogen and oxygen atoms in total. The predicted molar refractivity (Wildman–Crippen MR) is 257 cm³/mol. The van der Waals surface area contributed by atoms with Gasteiger partial charge in [-0.2, -0.15) is 0 Å². The number of nitrogens with zero attached hydrogens (tertiary/aromatic N) is 3. The number of hydrogen-bond donors (Lipinski definition) is 1. The molecule has 0 spiro atoms. The quantitative estimate of drug-likeness (QED) is 0.169. The molecule has 0 aliphatic rings. The summed E-state index contributed by atoms with van der Waals surface area (Å²) in [6.07, 6.45) is 1.86. The molecule has 62 heavy (non-hydrogen) atoms. The first-order valence-electron chi connectivity index (χ1n) is 22.7. The summed E-state index contributed by atoms with van der Waals surface area (Å²) in [6, 6.07) is 44.5. The van der Waals surface area contributed by atoms with Gasteiger partial charge in [0.15, 0.2) is 0 Å². The maximum atomic E-state index is 12.4. The molecule has 0 radical (unpaired) electrons. The molecule has 8 aromatic rings. The van der Waals surface area contributed by atoms with Crippen molar-refractivity contribution in [3.05, 3.63) is 167 Å². The molecule has 0 saturated carbocycles. The fourth-order valence-electron chi connectivity index (χ4n) is 8.28. The van der Waals surface area contributed by atoms with Crippen LogP contribution in [0, 0.1) is 26.8 Å². The summed E-state index contributed by atoms with van der Waals surface area (Å²) in [5, 5.41) is 12.4. The molecule has 0 saturated heterocycles. The number of phenolic OH excluding ortho intramolecular Hbond substituents is 1. The van der Waals surface area contributed by atoms with E-state index in [0.717, 1.165) is 61.3 Å². The van der Waals surface area contributed by atoms with Crippen molar-refractivity contribution in [3.8, 4) is 67.5 Å². The summed E-state index contributed by atoms with van der Waals surface area (Å²) in [6.45, 7) is 21.1. The summed E-state index contributed by atoms with van der Waals surface area (Å²) in [5.74, 6) is 0.567. The summed E-state index contributed by atoms with van der Waals surface area (Å²) < 4.78 is 28.7.